The number of amides is 2. The van der Waals surface area contributed by atoms with Crippen molar-refractivity contribution in [2.45, 2.75) is 63.7 Å². The van der Waals surface area contributed by atoms with E-state index in [1.165, 1.54) is 0 Å². The largest absolute Gasteiger partial charge is 0.310 e. The zero-order chi connectivity index (χ0) is 20.2. The number of halogens is 6. The molecule has 1 heterocycles. The number of fused-ring (bicyclic) bond motifs is 5. The molecule has 0 aromatic carbocycles. The molecule has 0 spiro atoms. The summed E-state index contributed by atoms with van der Waals surface area (Å²) in [4.78, 5) is 22.9. The van der Waals surface area contributed by atoms with Crippen molar-refractivity contribution in [1.82, 2.24) is 5.06 Å². The molecular formula is C15H19Cl6NO3Si. The molecule has 11 heteroatoms. The molecular weight excluding hydrogens is 483 g/mol. The summed E-state index contributed by atoms with van der Waals surface area (Å²) in [5.41, 5.74) is 0. The topological polar surface area (TPSA) is 46.6 Å². The molecule has 1 saturated heterocycles. The fraction of sp³-hybridized carbons (Fsp3) is 0.867. The summed E-state index contributed by atoms with van der Waals surface area (Å²) < 4.78 is 4.11. The minimum atomic E-state index is -2.48. The van der Waals surface area contributed by atoms with E-state index >= 15 is 0 Å². The first-order chi connectivity index (χ1) is 11.5. The lowest BCUT2D eigenvalue weighted by atomic mass is 9.79. The number of hydrogen-bond donors (Lipinski definition) is 0. The van der Waals surface area contributed by atoms with Gasteiger partial charge in [-0.2, -0.15) is 5.06 Å². The second-order valence-electron chi connectivity index (χ2n) is 8.69. The van der Waals surface area contributed by atoms with Gasteiger partial charge in [0, 0.05) is 0 Å². The Labute approximate surface area is 183 Å². The molecule has 6 atom stereocenters. The highest BCUT2D eigenvalue weighted by Gasteiger charge is 2.90. The number of alkyl halides is 6. The van der Waals surface area contributed by atoms with E-state index in [2.05, 4.69) is 0 Å². The maximum absolute atomic E-state index is 13.1. The third-order valence-corrected chi connectivity index (χ3v) is 15.3. The average molecular weight is 502 g/mol. The van der Waals surface area contributed by atoms with Gasteiger partial charge in [-0.25, -0.2) is 0 Å². The van der Waals surface area contributed by atoms with Crippen molar-refractivity contribution in [2.24, 2.45) is 11.8 Å². The Bertz CT molecular complexity index is 655. The molecule has 3 rings (SSSR count). The highest BCUT2D eigenvalue weighted by Crippen LogP contribution is 2.76. The SMILES string of the molecule is CC(C)(C)[Si](C)(C)ON1C(=O)C2C(C1=O)C1(Cl)C(Cl)C(Cl)C2(Cl)C1(Cl)Cl. The Kier molecular flexibility index (Phi) is 4.86. The molecule has 2 aliphatic carbocycles. The van der Waals surface area contributed by atoms with Gasteiger partial charge in [0.05, 0.1) is 22.6 Å². The summed E-state index contributed by atoms with van der Waals surface area (Å²) in [7, 11) is -2.48. The molecule has 3 aliphatic rings. The van der Waals surface area contributed by atoms with E-state index in [9.17, 15) is 9.59 Å². The number of imide groups is 1. The van der Waals surface area contributed by atoms with Crippen LogP contribution in [0.2, 0.25) is 18.1 Å². The Morgan fingerprint density at radius 3 is 1.58 bits per heavy atom. The van der Waals surface area contributed by atoms with Crippen LogP contribution in [0, 0.1) is 11.8 Å². The number of hydrogen-bond acceptors (Lipinski definition) is 3. The van der Waals surface area contributed by atoms with Crippen molar-refractivity contribution in [3.05, 3.63) is 0 Å². The summed E-state index contributed by atoms with van der Waals surface area (Å²) >= 11 is 39.1. The predicted octanol–water partition coefficient (Wildman–Crippen LogP) is 4.90. The van der Waals surface area contributed by atoms with Crippen LogP contribution in [0.15, 0.2) is 0 Å². The molecule has 2 amide bonds. The first-order valence-corrected chi connectivity index (χ1v) is 13.4. The molecule has 0 N–H and O–H groups in total. The molecule has 6 unspecified atom stereocenters. The number of hydroxylamine groups is 2. The zero-order valence-electron chi connectivity index (χ0n) is 14.7. The molecule has 2 bridgehead atoms. The van der Waals surface area contributed by atoms with Crippen LogP contribution in [0.4, 0.5) is 0 Å². The third kappa shape index (κ3) is 2.21. The van der Waals surface area contributed by atoms with Crippen molar-refractivity contribution in [1.29, 1.82) is 0 Å². The van der Waals surface area contributed by atoms with Crippen LogP contribution in [-0.4, -0.2) is 50.0 Å². The minimum absolute atomic E-state index is 0.228. The van der Waals surface area contributed by atoms with Crippen LogP contribution >= 0.6 is 69.6 Å². The molecule has 4 nitrogen and oxygen atoms in total. The summed E-state index contributed by atoms with van der Waals surface area (Å²) in [6, 6.07) is 0. The van der Waals surface area contributed by atoms with Gasteiger partial charge in [0.1, 0.15) is 9.75 Å². The average Bonchev–Trinajstić information content (AvgIpc) is 2.85. The lowest BCUT2D eigenvalue weighted by Gasteiger charge is -2.39. The highest BCUT2D eigenvalue weighted by molar-refractivity contribution is 6.74. The Balaban J connectivity index is 2.07. The van der Waals surface area contributed by atoms with Crippen LogP contribution in [0.3, 0.4) is 0 Å². The van der Waals surface area contributed by atoms with Crippen LogP contribution < -0.4 is 0 Å². The normalized spacial score (nSPS) is 44.8. The van der Waals surface area contributed by atoms with Gasteiger partial charge in [-0.05, 0) is 18.1 Å². The lowest BCUT2D eigenvalue weighted by molar-refractivity contribution is -0.169. The summed E-state index contributed by atoms with van der Waals surface area (Å²) in [5.74, 6) is -3.46. The molecule has 26 heavy (non-hydrogen) atoms. The van der Waals surface area contributed by atoms with Crippen molar-refractivity contribution in [3.8, 4) is 0 Å². The molecule has 0 radical (unpaired) electrons. The fourth-order valence-corrected chi connectivity index (χ4v) is 8.00. The molecule has 148 valence electrons. The first-order valence-electron chi connectivity index (χ1n) is 8.08. The second kappa shape index (κ2) is 5.81. The Hall–Kier alpha value is 1.06. The fourth-order valence-electron chi connectivity index (χ4n) is 3.75. The first kappa shape index (κ1) is 21.8. The van der Waals surface area contributed by atoms with Gasteiger partial charge in [0.25, 0.3) is 11.8 Å². The van der Waals surface area contributed by atoms with Gasteiger partial charge < -0.3 is 4.53 Å². The predicted molar refractivity (Wildman–Crippen MR) is 108 cm³/mol. The van der Waals surface area contributed by atoms with Gasteiger partial charge in [0.15, 0.2) is 4.33 Å². The van der Waals surface area contributed by atoms with Crippen molar-refractivity contribution < 1.29 is 14.1 Å². The van der Waals surface area contributed by atoms with Crippen LogP contribution in [0.1, 0.15) is 20.8 Å². The molecule has 1 aliphatic heterocycles. The van der Waals surface area contributed by atoms with Crippen molar-refractivity contribution in [2.75, 3.05) is 0 Å². The minimum Gasteiger partial charge on any atom is -0.310 e. The number of carbonyl (C=O) groups is 2. The maximum Gasteiger partial charge on any atom is 0.258 e. The van der Waals surface area contributed by atoms with Gasteiger partial charge in [-0.15, -0.1) is 46.4 Å². The number of rotatable bonds is 2. The molecule has 2 saturated carbocycles. The maximum atomic E-state index is 13.1. The van der Waals surface area contributed by atoms with E-state index < -0.39 is 56.8 Å². The van der Waals surface area contributed by atoms with Gasteiger partial charge >= 0.3 is 0 Å². The van der Waals surface area contributed by atoms with E-state index in [0.29, 0.717) is 0 Å². The van der Waals surface area contributed by atoms with E-state index in [-0.39, 0.29) is 5.04 Å². The van der Waals surface area contributed by atoms with E-state index in [4.69, 9.17) is 74.1 Å². The Morgan fingerprint density at radius 2 is 1.27 bits per heavy atom. The number of nitrogens with zero attached hydrogens (tertiary/aromatic N) is 1. The standard InChI is InChI=1S/C15H19Cl6NO3Si/c1-12(2,3)26(4,5)25-22-10(23)6-7(11(22)24)14(19)9(17)8(16)13(6,18)15(14,20)21/h6-9H,1-5H3. The van der Waals surface area contributed by atoms with E-state index in [1.54, 1.807) is 0 Å². The van der Waals surface area contributed by atoms with Crippen LogP contribution in [0.5, 0.6) is 0 Å². The zero-order valence-corrected chi connectivity index (χ0v) is 20.3. The van der Waals surface area contributed by atoms with Gasteiger partial charge in [0.2, 0.25) is 8.32 Å². The molecule has 0 aromatic heterocycles. The number of carbonyl (C=O) groups excluding carboxylic acids is 2. The van der Waals surface area contributed by atoms with Crippen LogP contribution in [-0.2, 0) is 14.1 Å². The second-order valence-corrected chi connectivity index (χ2v) is 16.9. The summed E-state index contributed by atoms with van der Waals surface area (Å²) in [6.07, 6.45) is 0. The Morgan fingerprint density at radius 1 is 0.923 bits per heavy atom. The molecule has 0 aromatic rings. The van der Waals surface area contributed by atoms with Gasteiger partial charge in [-0.1, -0.05) is 44.0 Å². The smallest absolute Gasteiger partial charge is 0.258 e. The van der Waals surface area contributed by atoms with Gasteiger partial charge in [-0.3, -0.25) is 9.59 Å². The quantitative estimate of drug-likeness (QED) is 0.307. The van der Waals surface area contributed by atoms with E-state index in [0.717, 1.165) is 5.06 Å². The van der Waals surface area contributed by atoms with Crippen LogP contribution in [0.25, 0.3) is 0 Å². The lowest BCUT2D eigenvalue weighted by Crippen LogP contribution is -2.53. The van der Waals surface area contributed by atoms with E-state index in [1.807, 2.05) is 33.9 Å². The third-order valence-electron chi connectivity index (χ3n) is 6.32. The highest BCUT2D eigenvalue weighted by atomic mass is 35.5. The summed E-state index contributed by atoms with van der Waals surface area (Å²) in [5, 5.41) is -1.43. The summed E-state index contributed by atoms with van der Waals surface area (Å²) in [6.45, 7) is 9.82. The molecule has 3 fully saturated rings. The van der Waals surface area contributed by atoms with Crippen molar-refractivity contribution in [3.63, 3.8) is 0 Å². The van der Waals surface area contributed by atoms with Crippen molar-refractivity contribution >= 4 is 89.7 Å². The monoisotopic (exact) mass is 499 g/mol.